The van der Waals surface area contributed by atoms with Gasteiger partial charge in [0.05, 0.1) is 0 Å². The molecule has 0 spiro atoms. The molecule has 1 aromatic carbocycles. The predicted molar refractivity (Wildman–Crippen MR) is 86.7 cm³/mol. The number of hydrogen-bond donors (Lipinski definition) is 1. The van der Waals surface area contributed by atoms with Crippen LogP contribution in [0.1, 0.15) is 36.2 Å². The van der Waals surface area contributed by atoms with Crippen molar-refractivity contribution in [2.75, 3.05) is 0 Å². The van der Waals surface area contributed by atoms with Crippen LogP contribution in [0.5, 0.6) is 5.75 Å². The third kappa shape index (κ3) is 3.88. The fraction of sp³-hybridized carbons (Fsp3) is 0.375. The van der Waals surface area contributed by atoms with Crippen LogP contribution in [0.3, 0.4) is 0 Å². The lowest BCUT2D eigenvalue weighted by Crippen LogP contribution is -2.32. The van der Waals surface area contributed by atoms with Crippen LogP contribution >= 0.6 is 15.9 Å². The Labute approximate surface area is 137 Å². The molecule has 5 nitrogen and oxygen atoms in total. The molecule has 22 heavy (non-hydrogen) atoms. The zero-order chi connectivity index (χ0) is 15.4. The molecule has 1 aromatic heterocycles. The van der Waals surface area contributed by atoms with E-state index in [4.69, 9.17) is 4.74 Å². The van der Waals surface area contributed by atoms with Gasteiger partial charge in [0.1, 0.15) is 11.4 Å². The smallest absolute Gasteiger partial charge is 0.271 e. The summed E-state index contributed by atoms with van der Waals surface area (Å²) in [5, 5.41) is 7.28. The van der Waals surface area contributed by atoms with E-state index in [2.05, 4.69) is 26.3 Å². The van der Waals surface area contributed by atoms with Crippen LogP contribution < -0.4 is 10.1 Å². The van der Waals surface area contributed by atoms with E-state index in [9.17, 15) is 4.79 Å². The molecule has 6 heteroatoms. The number of nitrogens with one attached hydrogen (secondary N) is 1. The fourth-order valence-corrected chi connectivity index (χ4v) is 2.82. The molecule has 116 valence electrons. The average molecular weight is 364 g/mol. The maximum atomic E-state index is 12.1. The molecule has 0 saturated heterocycles. The second-order valence-corrected chi connectivity index (χ2v) is 6.34. The summed E-state index contributed by atoms with van der Waals surface area (Å²) in [7, 11) is 0. The Balaban J connectivity index is 1.54. The summed E-state index contributed by atoms with van der Waals surface area (Å²) < 4.78 is 8.24. The maximum absolute atomic E-state index is 12.1. The minimum atomic E-state index is -0.103. The fourth-order valence-electron chi connectivity index (χ4n) is 2.56. The first-order valence-corrected chi connectivity index (χ1v) is 8.23. The number of carbonyl (C=O) groups is 1. The molecule has 0 atom stereocenters. The van der Waals surface area contributed by atoms with Gasteiger partial charge < -0.3 is 10.1 Å². The summed E-state index contributed by atoms with van der Waals surface area (Å²) >= 11 is 3.38. The van der Waals surface area contributed by atoms with E-state index >= 15 is 0 Å². The van der Waals surface area contributed by atoms with Gasteiger partial charge in [0.2, 0.25) is 0 Å². The average Bonchev–Trinajstić information content (AvgIpc) is 3.18. The van der Waals surface area contributed by atoms with Gasteiger partial charge in [-0.15, -0.1) is 0 Å². The standard InChI is InChI=1S/C16H18BrN3O2/c17-12-5-7-14(8-6-12)22-11-20-10-9-15(19-20)16(21)18-13-3-1-2-4-13/h5-10,13H,1-4,11H2,(H,18,21). The van der Waals surface area contributed by atoms with Gasteiger partial charge in [-0.05, 0) is 43.2 Å². The monoisotopic (exact) mass is 363 g/mol. The predicted octanol–water partition coefficient (Wildman–Crippen LogP) is 3.35. The van der Waals surface area contributed by atoms with Gasteiger partial charge in [0.25, 0.3) is 5.91 Å². The number of benzene rings is 1. The number of rotatable bonds is 5. The molecule has 1 saturated carbocycles. The first-order chi connectivity index (χ1) is 10.7. The summed E-state index contributed by atoms with van der Waals surface area (Å²) in [5.74, 6) is 0.657. The van der Waals surface area contributed by atoms with Crippen LogP contribution in [0, 0.1) is 0 Å². The molecule has 1 aliphatic rings. The highest BCUT2D eigenvalue weighted by Gasteiger charge is 2.19. The van der Waals surface area contributed by atoms with Crippen LogP contribution in [0.25, 0.3) is 0 Å². The quantitative estimate of drug-likeness (QED) is 0.885. The van der Waals surface area contributed by atoms with Crippen LogP contribution in [-0.4, -0.2) is 21.7 Å². The number of nitrogens with zero attached hydrogens (tertiary/aromatic N) is 2. The minimum Gasteiger partial charge on any atom is -0.471 e. The molecule has 2 aromatic rings. The van der Waals surface area contributed by atoms with Gasteiger partial charge in [-0.3, -0.25) is 4.79 Å². The molecule has 1 aliphatic carbocycles. The van der Waals surface area contributed by atoms with Gasteiger partial charge in [-0.25, -0.2) is 4.68 Å². The van der Waals surface area contributed by atoms with E-state index in [0.29, 0.717) is 11.7 Å². The lowest BCUT2D eigenvalue weighted by Gasteiger charge is -2.10. The number of amides is 1. The summed E-state index contributed by atoms with van der Waals surface area (Å²) in [6, 6.07) is 9.60. The zero-order valence-corrected chi connectivity index (χ0v) is 13.8. The minimum absolute atomic E-state index is 0.103. The summed E-state index contributed by atoms with van der Waals surface area (Å²) in [6.45, 7) is 0.276. The van der Waals surface area contributed by atoms with E-state index in [1.807, 2.05) is 24.3 Å². The zero-order valence-electron chi connectivity index (χ0n) is 12.2. The van der Waals surface area contributed by atoms with Crippen molar-refractivity contribution in [3.63, 3.8) is 0 Å². The van der Waals surface area contributed by atoms with Gasteiger partial charge in [0, 0.05) is 16.7 Å². The number of carbonyl (C=O) groups excluding carboxylic acids is 1. The molecule has 0 aliphatic heterocycles. The number of ether oxygens (including phenoxy) is 1. The molecule has 1 heterocycles. The lowest BCUT2D eigenvalue weighted by atomic mass is 10.2. The molecule has 0 bridgehead atoms. The Bertz CT molecular complexity index is 633. The number of halogens is 1. The van der Waals surface area contributed by atoms with E-state index in [1.54, 1.807) is 16.9 Å². The third-order valence-corrected chi connectivity index (χ3v) is 4.27. The van der Waals surface area contributed by atoms with E-state index in [1.165, 1.54) is 12.8 Å². The molecule has 3 rings (SSSR count). The first kappa shape index (κ1) is 15.1. The normalized spacial score (nSPS) is 15.0. The van der Waals surface area contributed by atoms with Crippen molar-refractivity contribution in [3.8, 4) is 5.75 Å². The van der Waals surface area contributed by atoms with E-state index in [0.717, 1.165) is 23.1 Å². The van der Waals surface area contributed by atoms with Crippen LogP contribution in [0.4, 0.5) is 0 Å². The Morgan fingerprint density at radius 3 is 2.73 bits per heavy atom. The number of hydrogen-bond acceptors (Lipinski definition) is 3. The molecular formula is C16H18BrN3O2. The Morgan fingerprint density at radius 2 is 2.00 bits per heavy atom. The SMILES string of the molecule is O=C(NC1CCCC1)c1ccn(COc2ccc(Br)cc2)n1. The van der Waals surface area contributed by atoms with Crippen molar-refractivity contribution in [2.24, 2.45) is 0 Å². The van der Waals surface area contributed by atoms with Gasteiger partial charge in [-0.1, -0.05) is 28.8 Å². The summed E-state index contributed by atoms with van der Waals surface area (Å²) in [5.41, 5.74) is 0.436. The van der Waals surface area contributed by atoms with Crippen molar-refractivity contribution >= 4 is 21.8 Å². The summed E-state index contributed by atoms with van der Waals surface area (Å²) in [6.07, 6.45) is 6.28. The van der Waals surface area contributed by atoms with Gasteiger partial charge in [-0.2, -0.15) is 5.10 Å². The largest absolute Gasteiger partial charge is 0.471 e. The van der Waals surface area contributed by atoms with E-state index in [-0.39, 0.29) is 12.6 Å². The van der Waals surface area contributed by atoms with Gasteiger partial charge >= 0.3 is 0 Å². The maximum Gasteiger partial charge on any atom is 0.271 e. The Hall–Kier alpha value is -1.82. The molecule has 1 amide bonds. The Kier molecular flexibility index (Phi) is 4.77. The second-order valence-electron chi connectivity index (χ2n) is 5.42. The second kappa shape index (κ2) is 6.96. The summed E-state index contributed by atoms with van der Waals surface area (Å²) in [4.78, 5) is 12.1. The van der Waals surface area contributed by atoms with Crippen LogP contribution in [-0.2, 0) is 6.73 Å². The topological polar surface area (TPSA) is 56.2 Å². The molecule has 0 unspecified atom stereocenters. The van der Waals surface area contributed by atoms with Gasteiger partial charge in [0.15, 0.2) is 6.73 Å². The van der Waals surface area contributed by atoms with Crippen molar-refractivity contribution in [1.29, 1.82) is 0 Å². The first-order valence-electron chi connectivity index (χ1n) is 7.43. The van der Waals surface area contributed by atoms with Crippen LogP contribution in [0.15, 0.2) is 41.0 Å². The van der Waals surface area contributed by atoms with Crippen molar-refractivity contribution in [3.05, 3.63) is 46.7 Å². The highest BCUT2D eigenvalue weighted by Crippen LogP contribution is 2.18. The van der Waals surface area contributed by atoms with Crippen molar-refractivity contribution in [1.82, 2.24) is 15.1 Å². The van der Waals surface area contributed by atoms with Crippen molar-refractivity contribution < 1.29 is 9.53 Å². The molecule has 1 fully saturated rings. The highest BCUT2D eigenvalue weighted by molar-refractivity contribution is 9.10. The molecule has 0 radical (unpaired) electrons. The third-order valence-electron chi connectivity index (χ3n) is 3.74. The Morgan fingerprint density at radius 1 is 1.27 bits per heavy atom. The van der Waals surface area contributed by atoms with Crippen molar-refractivity contribution in [2.45, 2.75) is 38.5 Å². The number of aromatic nitrogens is 2. The molecule has 1 N–H and O–H groups in total. The molecular weight excluding hydrogens is 346 g/mol. The van der Waals surface area contributed by atoms with E-state index < -0.39 is 0 Å². The highest BCUT2D eigenvalue weighted by atomic mass is 79.9. The lowest BCUT2D eigenvalue weighted by molar-refractivity contribution is 0.0930. The van der Waals surface area contributed by atoms with Crippen LogP contribution in [0.2, 0.25) is 0 Å².